The van der Waals surface area contributed by atoms with Gasteiger partial charge in [0, 0.05) is 24.9 Å². The molecule has 3 nitrogen and oxygen atoms in total. The number of halogens is 1. The number of hydrogen-bond acceptors (Lipinski definition) is 2. The van der Waals surface area contributed by atoms with Gasteiger partial charge < -0.3 is 10.1 Å². The highest BCUT2D eigenvalue weighted by molar-refractivity contribution is 9.10. The van der Waals surface area contributed by atoms with Crippen LogP contribution in [0.1, 0.15) is 43.4 Å². The maximum Gasteiger partial charge on any atom is 0.219 e. The summed E-state index contributed by atoms with van der Waals surface area (Å²) < 4.78 is 6.76. The van der Waals surface area contributed by atoms with Crippen LogP contribution >= 0.6 is 15.9 Å². The molecule has 0 unspecified atom stereocenters. The molecule has 1 heterocycles. The average molecular weight is 340 g/mol. The molecule has 0 spiro atoms. The molecular weight excluding hydrogens is 318 g/mol. The lowest BCUT2D eigenvalue weighted by atomic mass is 10.0. The molecule has 1 aliphatic carbocycles. The van der Waals surface area contributed by atoms with Gasteiger partial charge in [0.25, 0.3) is 0 Å². The first-order valence-electron chi connectivity index (χ1n) is 7.40. The van der Waals surface area contributed by atoms with Crippen molar-refractivity contribution in [2.24, 2.45) is 0 Å². The lowest BCUT2D eigenvalue weighted by Crippen LogP contribution is -2.20. The molecule has 0 atom stereocenters. The third-order valence-corrected chi connectivity index (χ3v) is 4.30. The molecule has 0 saturated carbocycles. The van der Waals surface area contributed by atoms with Gasteiger partial charge in [-0.15, -0.1) is 0 Å². The Hall–Kier alpha value is -1.03. The van der Waals surface area contributed by atoms with Crippen LogP contribution in [-0.4, -0.2) is 19.1 Å². The van der Waals surface area contributed by atoms with Crippen LogP contribution in [0, 0.1) is 0 Å². The van der Waals surface area contributed by atoms with Crippen molar-refractivity contribution in [3.05, 3.63) is 27.2 Å². The molecule has 110 valence electrons. The summed E-state index contributed by atoms with van der Waals surface area (Å²) >= 11 is 3.58. The Balaban J connectivity index is 0.000000182. The zero-order chi connectivity index (χ0) is 14.5. The van der Waals surface area contributed by atoms with Crippen molar-refractivity contribution in [3.63, 3.8) is 0 Å². The molecule has 0 aromatic heterocycles. The van der Waals surface area contributed by atoms with E-state index < -0.39 is 0 Å². The number of ether oxygens (including phenoxy) is 1. The number of hydrogen-bond donors (Lipinski definition) is 1. The van der Waals surface area contributed by atoms with Crippen molar-refractivity contribution in [2.75, 3.05) is 13.2 Å². The summed E-state index contributed by atoms with van der Waals surface area (Å²) in [6.07, 6.45) is 5.53. The number of carbonyl (C=O) groups is 1. The van der Waals surface area contributed by atoms with Gasteiger partial charge in [0.15, 0.2) is 0 Å². The van der Waals surface area contributed by atoms with Crippen LogP contribution in [0.5, 0.6) is 5.75 Å². The van der Waals surface area contributed by atoms with Gasteiger partial charge in [-0.3, -0.25) is 4.79 Å². The Labute approximate surface area is 129 Å². The standard InChI is InChI=1S/C11H11BrO.C5H11NO/c12-10-6-7-2-1-3-8(7)9-4-5-13-11(9)10;1-3-5(7)6-4-2/h6H,1-5H2;3-4H2,1-2H3,(H,6,7). The first-order valence-corrected chi connectivity index (χ1v) is 8.19. The fourth-order valence-electron chi connectivity index (χ4n) is 2.77. The molecule has 1 aromatic carbocycles. The van der Waals surface area contributed by atoms with Crippen LogP contribution in [0.2, 0.25) is 0 Å². The van der Waals surface area contributed by atoms with E-state index in [-0.39, 0.29) is 5.91 Å². The topological polar surface area (TPSA) is 38.3 Å². The fraction of sp³-hybridized carbons (Fsp3) is 0.562. The second-order valence-corrected chi connectivity index (χ2v) is 5.92. The Bertz CT molecular complexity index is 500. The van der Waals surface area contributed by atoms with Crippen LogP contribution in [-0.2, 0) is 24.1 Å². The van der Waals surface area contributed by atoms with Crippen molar-refractivity contribution in [3.8, 4) is 5.75 Å². The van der Waals surface area contributed by atoms with E-state index in [0.717, 1.165) is 29.8 Å². The first-order chi connectivity index (χ1) is 9.67. The molecule has 1 N–H and O–H groups in total. The van der Waals surface area contributed by atoms with Crippen molar-refractivity contribution in [2.45, 2.75) is 46.0 Å². The van der Waals surface area contributed by atoms with E-state index in [9.17, 15) is 4.79 Å². The minimum atomic E-state index is 0.127. The molecule has 1 aliphatic heterocycles. The van der Waals surface area contributed by atoms with Crippen molar-refractivity contribution in [1.29, 1.82) is 0 Å². The van der Waals surface area contributed by atoms with Gasteiger partial charge in [0.1, 0.15) is 5.75 Å². The van der Waals surface area contributed by atoms with Gasteiger partial charge in [-0.1, -0.05) is 6.92 Å². The number of rotatable bonds is 2. The van der Waals surface area contributed by atoms with Crippen molar-refractivity contribution >= 4 is 21.8 Å². The Kier molecular flexibility index (Phi) is 5.46. The zero-order valence-electron chi connectivity index (χ0n) is 12.2. The van der Waals surface area contributed by atoms with E-state index in [2.05, 4.69) is 27.3 Å². The van der Waals surface area contributed by atoms with Gasteiger partial charge >= 0.3 is 0 Å². The lowest BCUT2D eigenvalue weighted by Gasteiger charge is -2.07. The third-order valence-electron chi connectivity index (χ3n) is 3.71. The summed E-state index contributed by atoms with van der Waals surface area (Å²) in [5.74, 6) is 1.24. The van der Waals surface area contributed by atoms with Gasteiger partial charge in [-0.25, -0.2) is 0 Å². The quantitative estimate of drug-likeness (QED) is 0.896. The van der Waals surface area contributed by atoms with E-state index >= 15 is 0 Å². The summed E-state index contributed by atoms with van der Waals surface area (Å²) in [6.45, 7) is 5.36. The van der Waals surface area contributed by atoms with Gasteiger partial charge in [0.2, 0.25) is 5.91 Å². The van der Waals surface area contributed by atoms with Gasteiger partial charge in [0.05, 0.1) is 11.1 Å². The predicted molar refractivity (Wildman–Crippen MR) is 84.3 cm³/mol. The van der Waals surface area contributed by atoms with Crippen LogP contribution in [0.4, 0.5) is 0 Å². The smallest absolute Gasteiger partial charge is 0.219 e. The summed E-state index contributed by atoms with van der Waals surface area (Å²) in [5, 5.41) is 2.66. The Morgan fingerprint density at radius 1 is 1.30 bits per heavy atom. The molecule has 0 saturated heterocycles. The maximum absolute atomic E-state index is 10.3. The molecule has 1 amide bonds. The molecule has 3 rings (SSSR count). The number of nitrogens with one attached hydrogen (secondary N) is 1. The second-order valence-electron chi connectivity index (χ2n) is 5.06. The number of carbonyl (C=O) groups excluding carboxylic acids is 1. The van der Waals surface area contributed by atoms with E-state index in [1.807, 2.05) is 13.8 Å². The first kappa shape index (κ1) is 15.4. The highest BCUT2D eigenvalue weighted by Gasteiger charge is 2.24. The minimum absolute atomic E-state index is 0.127. The molecule has 20 heavy (non-hydrogen) atoms. The molecule has 2 aliphatic rings. The number of amides is 1. The molecule has 0 bridgehead atoms. The zero-order valence-corrected chi connectivity index (χ0v) is 13.8. The van der Waals surface area contributed by atoms with Crippen LogP contribution in [0.3, 0.4) is 0 Å². The third kappa shape index (κ3) is 3.35. The normalized spacial score (nSPS) is 14.8. The largest absolute Gasteiger partial charge is 0.492 e. The Morgan fingerprint density at radius 3 is 2.75 bits per heavy atom. The molecule has 0 radical (unpaired) electrons. The molecular formula is C16H22BrNO2. The summed E-state index contributed by atoms with van der Waals surface area (Å²) in [5.41, 5.74) is 4.59. The highest BCUT2D eigenvalue weighted by Crippen LogP contribution is 2.41. The number of aryl methyl sites for hydroxylation is 1. The van der Waals surface area contributed by atoms with E-state index in [1.165, 1.54) is 30.4 Å². The molecule has 4 heteroatoms. The summed E-state index contributed by atoms with van der Waals surface area (Å²) in [4.78, 5) is 10.3. The SMILES string of the molecule is Brc1cc2c(c3c1OCC3)CCC2.CCNC(=O)CC. The van der Waals surface area contributed by atoms with E-state index in [0.29, 0.717) is 6.42 Å². The number of fused-ring (bicyclic) bond motifs is 3. The average Bonchev–Trinajstić information content (AvgIpc) is 3.07. The van der Waals surface area contributed by atoms with Crippen LogP contribution < -0.4 is 10.1 Å². The summed E-state index contributed by atoms with van der Waals surface area (Å²) in [6, 6.07) is 2.24. The van der Waals surface area contributed by atoms with Gasteiger partial charge in [-0.2, -0.15) is 0 Å². The summed E-state index contributed by atoms with van der Waals surface area (Å²) in [7, 11) is 0. The fourth-order valence-corrected chi connectivity index (χ4v) is 3.40. The van der Waals surface area contributed by atoms with Crippen molar-refractivity contribution < 1.29 is 9.53 Å². The number of benzene rings is 1. The highest BCUT2D eigenvalue weighted by atomic mass is 79.9. The molecule has 0 fully saturated rings. The van der Waals surface area contributed by atoms with Gasteiger partial charge in [-0.05, 0) is 59.3 Å². The van der Waals surface area contributed by atoms with Crippen molar-refractivity contribution in [1.82, 2.24) is 5.32 Å². The maximum atomic E-state index is 10.3. The second kappa shape index (κ2) is 7.11. The monoisotopic (exact) mass is 339 g/mol. The molecule has 1 aromatic rings. The predicted octanol–water partition coefficient (Wildman–Crippen LogP) is 3.41. The minimum Gasteiger partial charge on any atom is -0.492 e. The van der Waals surface area contributed by atoms with Crippen LogP contribution in [0.15, 0.2) is 10.5 Å². The van der Waals surface area contributed by atoms with E-state index in [4.69, 9.17) is 4.74 Å². The van der Waals surface area contributed by atoms with E-state index in [1.54, 1.807) is 5.56 Å². The van der Waals surface area contributed by atoms with Crippen LogP contribution in [0.25, 0.3) is 0 Å². The Morgan fingerprint density at radius 2 is 2.10 bits per heavy atom. The lowest BCUT2D eigenvalue weighted by molar-refractivity contribution is -0.120.